The number of sulfonamides is 1. The molecule has 0 aliphatic heterocycles. The van der Waals surface area contributed by atoms with Crippen molar-refractivity contribution in [1.82, 2.24) is 14.3 Å². The van der Waals surface area contributed by atoms with Gasteiger partial charge in [-0.25, -0.2) is 13.4 Å². The number of carbonyl (C=O) groups is 1. The number of anilines is 1. The van der Waals surface area contributed by atoms with Crippen molar-refractivity contribution < 1.29 is 13.2 Å². The Labute approximate surface area is 148 Å². The largest absolute Gasteiger partial charge is 0.327 e. The molecule has 25 heavy (non-hydrogen) atoms. The number of nitrogens with zero attached hydrogens (tertiary/aromatic N) is 2. The van der Waals surface area contributed by atoms with Gasteiger partial charge < -0.3 is 4.98 Å². The van der Waals surface area contributed by atoms with Crippen LogP contribution in [0.15, 0.2) is 6.20 Å². The lowest BCUT2D eigenvalue weighted by molar-refractivity contribution is -0.116. The second kappa shape index (κ2) is 5.81. The molecule has 4 saturated carbocycles. The van der Waals surface area contributed by atoms with E-state index in [-0.39, 0.29) is 17.9 Å². The van der Waals surface area contributed by atoms with Crippen LogP contribution in [-0.2, 0) is 20.2 Å². The molecule has 4 bridgehead atoms. The molecule has 0 saturated heterocycles. The first-order chi connectivity index (χ1) is 11.7. The number of hydrogen-bond donors (Lipinski definition) is 2. The van der Waals surface area contributed by atoms with E-state index in [9.17, 15) is 13.2 Å². The summed E-state index contributed by atoms with van der Waals surface area (Å²) in [5.74, 6) is 2.56. The molecule has 8 heteroatoms. The van der Waals surface area contributed by atoms with Crippen LogP contribution in [0, 0.1) is 17.8 Å². The van der Waals surface area contributed by atoms with Gasteiger partial charge in [-0.1, -0.05) is 0 Å². The summed E-state index contributed by atoms with van der Waals surface area (Å²) in [5.41, 5.74) is 1.34. The van der Waals surface area contributed by atoms with Crippen molar-refractivity contribution in [3.05, 3.63) is 11.9 Å². The van der Waals surface area contributed by atoms with Gasteiger partial charge >= 0.3 is 0 Å². The molecule has 0 unspecified atom stereocenters. The first-order valence-corrected chi connectivity index (χ1v) is 10.8. The number of aromatic amines is 1. The monoisotopic (exact) mass is 366 g/mol. The summed E-state index contributed by atoms with van der Waals surface area (Å²) in [7, 11) is -1.99. The van der Waals surface area contributed by atoms with Gasteiger partial charge in [-0.2, -0.15) is 4.31 Å². The Morgan fingerprint density at radius 3 is 2.36 bits per heavy atom. The fourth-order valence-electron chi connectivity index (χ4n) is 5.59. The second-order valence-electron chi connectivity index (χ2n) is 8.41. The summed E-state index contributed by atoms with van der Waals surface area (Å²) in [5, 5.41) is 2.69. The molecule has 0 atom stereocenters. The molecule has 4 aliphatic rings. The molecule has 0 radical (unpaired) electrons. The van der Waals surface area contributed by atoms with Crippen molar-refractivity contribution in [3.8, 4) is 0 Å². The van der Waals surface area contributed by atoms with Gasteiger partial charge in [0.05, 0.1) is 19.0 Å². The van der Waals surface area contributed by atoms with E-state index >= 15 is 0 Å². The van der Waals surface area contributed by atoms with Crippen LogP contribution in [0.5, 0.6) is 0 Å². The molecule has 1 heterocycles. The van der Waals surface area contributed by atoms with Crippen molar-refractivity contribution in [2.24, 2.45) is 17.8 Å². The van der Waals surface area contributed by atoms with E-state index in [0.29, 0.717) is 5.95 Å². The van der Waals surface area contributed by atoms with E-state index < -0.39 is 10.0 Å². The van der Waals surface area contributed by atoms with Gasteiger partial charge in [0.1, 0.15) is 0 Å². The number of carbonyl (C=O) groups excluding carboxylic acids is 1. The van der Waals surface area contributed by atoms with Crippen LogP contribution in [0.25, 0.3) is 0 Å². The first kappa shape index (κ1) is 17.0. The lowest BCUT2D eigenvalue weighted by Gasteiger charge is -2.56. The Morgan fingerprint density at radius 2 is 1.84 bits per heavy atom. The number of aromatic nitrogens is 2. The van der Waals surface area contributed by atoms with Crippen molar-refractivity contribution in [1.29, 1.82) is 0 Å². The van der Waals surface area contributed by atoms with Crippen LogP contribution in [0.3, 0.4) is 0 Å². The Kier molecular flexibility index (Phi) is 3.95. The van der Waals surface area contributed by atoms with Gasteiger partial charge in [0, 0.05) is 18.2 Å². The smallest absolute Gasteiger partial charge is 0.241 e. The lowest BCUT2D eigenvalue weighted by atomic mass is 9.49. The Morgan fingerprint density at radius 1 is 1.28 bits per heavy atom. The van der Waals surface area contributed by atoms with Gasteiger partial charge in [-0.15, -0.1) is 0 Å². The average Bonchev–Trinajstić information content (AvgIpc) is 2.93. The molecule has 0 spiro atoms. The highest BCUT2D eigenvalue weighted by molar-refractivity contribution is 7.88. The zero-order valence-electron chi connectivity index (χ0n) is 14.8. The highest BCUT2D eigenvalue weighted by atomic mass is 32.2. The van der Waals surface area contributed by atoms with Gasteiger partial charge in [-0.3, -0.25) is 10.1 Å². The van der Waals surface area contributed by atoms with E-state index in [0.717, 1.165) is 34.0 Å². The topological polar surface area (TPSA) is 95.2 Å². The molecule has 1 amide bonds. The van der Waals surface area contributed by atoms with Crippen molar-refractivity contribution >= 4 is 21.9 Å². The molecule has 1 aromatic rings. The molecule has 138 valence electrons. The number of rotatable bonds is 5. The Bertz CT molecular complexity index is 750. The van der Waals surface area contributed by atoms with Crippen LogP contribution in [-0.4, -0.2) is 48.4 Å². The van der Waals surface area contributed by atoms with Crippen LogP contribution < -0.4 is 5.32 Å². The zero-order valence-corrected chi connectivity index (χ0v) is 15.6. The second-order valence-corrected chi connectivity index (χ2v) is 10.5. The predicted molar refractivity (Wildman–Crippen MR) is 94.5 cm³/mol. The zero-order chi connectivity index (χ0) is 17.8. The highest BCUT2D eigenvalue weighted by Gasteiger charge is 2.52. The SMILES string of the molecule is CN(CC(=O)Nc1ncc(C23CC4CC(CC(C4)C2)C3)[nH]1)S(C)(=O)=O. The molecule has 7 nitrogen and oxygen atoms in total. The van der Waals surface area contributed by atoms with Gasteiger partial charge in [0.25, 0.3) is 0 Å². The van der Waals surface area contributed by atoms with E-state index in [2.05, 4.69) is 15.3 Å². The van der Waals surface area contributed by atoms with Crippen LogP contribution in [0.1, 0.15) is 44.2 Å². The molecular weight excluding hydrogens is 340 g/mol. The third-order valence-corrected chi connectivity index (χ3v) is 7.64. The number of imidazole rings is 1. The minimum Gasteiger partial charge on any atom is -0.327 e. The quantitative estimate of drug-likeness (QED) is 0.829. The predicted octanol–water partition coefficient (Wildman–Crippen LogP) is 1.71. The number of likely N-dealkylation sites (N-methyl/N-ethyl adjacent to an activating group) is 1. The molecule has 5 rings (SSSR count). The summed E-state index contributed by atoms with van der Waals surface area (Å²) in [6, 6.07) is 0. The van der Waals surface area contributed by atoms with Crippen LogP contribution in [0.4, 0.5) is 5.95 Å². The maximum Gasteiger partial charge on any atom is 0.241 e. The van der Waals surface area contributed by atoms with E-state index in [4.69, 9.17) is 0 Å². The molecule has 0 aromatic carbocycles. The lowest BCUT2D eigenvalue weighted by Crippen LogP contribution is -2.48. The van der Waals surface area contributed by atoms with E-state index in [1.165, 1.54) is 45.6 Å². The Balaban J connectivity index is 1.45. The van der Waals surface area contributed by atoms with E-state index in [1.54, 1.807) is 0 Å². The van der Waals surface area contributed by atoms with Crippen molar-refractivity contribution in [2.45, 2.75) is 43.9 Å². The number of amides is 1. The summed E-state index contributed by atoms with van der Waals surface area (Å²) >= 11 is 0. The number of H-pyrrole nitrogens is 1. The fourth-order valence-corrected chi connectivity index (χ4v) is 5.94. The van der Waals surface area contributed by atoms with E-state index in [1.807, 2.05) is 6.20 Å². The molecule has 2 N–H and O–H groups in total. The van der Waals surface area contributed by atoms with Gasteiger partial charge in [0.15, 0.2) is 0 Å². The molecule has 4 fully saturated rings. The first-order valence-electron chi connectivity index (χ1n) is 9.00. The summed E-state index contributed by atoms with van der Waals surface area (Å²) in [6.07, 6.45) is 10.8. The van der Waals surface area contributed by atoms with Gasteiger partial charge in [0.2, 0.25) is 21.9 Å². The minimum atomic E-state index is -3.37. The highest BCUT2D eigenvalue weighted by Crippen LogP contribution is 2.60. The third kappa shape index (κ3) is 3.21. The summed E-state index contributed by atoms with van der Waals surface area (Å²) in [6.45, 7) is -0.216. The van der Waals surface area contributed by atoms with Gasteiger partial charge in [-0.05, 0) is 56.3 Å². The third-order valence-electron chi connectivity index (χ3n) is 6.38. The average molecular weight is 366 g/mol. The standard InChI is InChI=1S/C17H26N4O3S/c1-21(25(2,23)24)10-15(22)20-16-18-9-14(19-16)17-6-11-3-12(7-17)5-13(4-11)8-17/h9,11-13H,3-8,10H2,1-2H3,(H2,18,19,20,22). The van der Waals surface area contributed by atoms with Crippen molar-refractivity contribution in [3.63, 3.8) is 0 Å². The molecular formula is C17H26N4O3S. The summed E-state index contributed by atoms with van der Waals surface area (Å²) in [4.78, 5) is 19.7. The fraction of sp³-hybridized carbons (Fsp3) is 0.765. The maximum atomic E-state index is 12.0. The normalized spacial score (nSPS) is 33.8. The molecule has 4 aliphatic carbocycles. The summed E-state index contributed by atoms with van der Waals surface area (Å²) < 4.78 is 23.8. The van der Waals surface area contributed by atoms with Crippen LogP contribution >= 0.6 is 0 Å². The maximum absolute atomic E-state index is 12.0. The minimum absolute atomic E-state index is 0.203. The Hall–Kier alpha value is -1.41. The number of nitrogens with one attached hydrogen (secondary N) is 2. The van der Waals surface area contributed by atoms with Crippen molar-refractivity contribution in [2.75, 3.05) is 25.2 Å². The molecule has 1 aromatic heterocycles. The number of hydrogen-bond acceptors (Lipinski definition) is 4. The van der Waals surface area contributed by atoms with Crippen LogP contribution in [0.2, 0.25) is 0 Å².